The Bertz CT molecular complexity index is 297. The first kappa shape index (κ1) is 10.5. The van der Waals surface area contributed by atoms with Gasteiger partial charge < -0.3 is 10.4 Å². The van der Waals surface area contributed by atoms with Crippen molar-refractivity contribution in [2.75, 3.05) is 18.5 Å². The minimum atomic E-state index is -0.944. The number of alkyl halides is 1. The molecule has 0 amide bonds. The fourth-order valence-corrected chi connectivity index (χ4v) is 1.03. The number of aromatic carboxylic acids is 1. The van der Waals surface area contributed by atoms with Gasteiger partial charge in [-0.3, -0.25) is 4.39 Å². The second-order valence-electron chi connectivity index (χ2n) is 2.85. The number of benzene rings is 1. The molecule has 0 saturated heterocycles. The quantitative estimate of drug-likeness (QED) is 0.711. The summed E-state index contributed by atoms with van der Waals surface area (Å²) in [5.74, 6) is -0.944. The normalized spacial score (nSPS) is 9.79. The van der Waals surface area contributed by atoms with Crippen molar-refractivity contribution in [2.45, 2.75) is 6.42 Å². The fraction of sp³-hybridized carbons (Fsp3) is 0.300. The topological polar surface area (TPSA) is 49.3 Å². The van der Waals surface area contributed by atoms with Crippen molar-refractivity contribution in [1.29, 1.82) is 0 Å². The SMILES string of the molecule is O=C(O)c1ccc(NCCCF)cc1. The molecule has 0 aromatic heterocycles. The summed E-state index contributed by atoms with van der Waals surface area (Å²) >= 11 is 0. The van der Waals surface area contributed by atoms with E-state index < -0.39 is 5.97 Å². The van der Waals surface area contributed by atoms with Gasteiger partial charge in [-0.15, -0.1) is 0 Å². The first-order valence-corrected chi connectivity index (χ1v) is 4.37. The lowest BCUT2D eigenvalue weighted by Crippen LogP contribution is -2.02. The Kier molecular flexibility index (Phi) is 3.91. The third kappa shape index (κ3) is 3.05. The van der Waals surface area contributed by atoms with Crippen LogP contribution in [-0.4, -0.2) is 24.3 Å². The van der Waals surface area contributed by atoms with Crippen LogP contribution < -0.4 is 5.32 Å². The summed E-state index contributed by atoms with van der Waals surface area (Å²) in [5.41, 5.74) is 1.06. The minimum Gasteiger partial charge on any atom is -0.478 e. The van der Waals surface area contributed by atoms with Gasteiger partial charge in [0.15, 0.2) is 0 Å². The van der Waals surface area contributed by atoms with Crippen LogP contribution in [0.5, 0.6) is 0 Å². The number of carbonyl (C=O) groups is 1. The highest BCUT2D eigenvalue weighted by atomic mass is 19.1. The fourth-order valence-electron chi connectivity index (χ4n) is 1.03. The number of halogens is 1. The average molecular weight is 197 g/mol. The van der Waals surface area contributed by atoms with Gasteiger partial charge in [0.25, 0.3) is 0 Å². The van der Waals surface area contributed by atoms with Crippen LogP contribution in [0.2, 0.25) is 0 Å². The van der Waals surface area contributed by atoms with E-state index in [0.29, 0.717) is 13.0 Å². The molecule has 0 saturated carbocycles. The van der Waals surface area contributed by atoms with E-state index in [2.05, 4.69) is 5.32 Å². The van der Waals surface area contributed by atoms with Crippen LogP contribution in [-0.2, 0) is 0 Å². The second kappa shape index (κ2) is 5.21. The van der Waals surface area contributed by atoms with Gasteiger partial charge in [0.05, 0.1) is 12.2 Å². The molecule has 0 aliphatic heterocycles. The zero-order chi connectivity index (χ0) is 10.4. The number of hydrogen-bond acceptors (Lipinski definition) is 2. The molecule has 14 heavy (non-hydrogen) atoms. The van der Waals surface area contributed by atoms with Gasteiger partial charge in [-0.25, -0.2) is 4.79 Å². The van der Waals surface area contributed by atoms with Gasteiger partial charge in [-0.2, -0.15) is 0 Å². The van der Waals surface area contributed by atoms with Crippen molar-refractivity contribution in [2.24, 2.45) is 0 Å². The Balaban J connectivity index is 2.51. The lowest BCUT2D eigenvalue weighted by molar-refractivity contribution is 0.0697. The Morgan fingerprint density at radius 1 is 1.36 bits per heavy atom. The molecular formula is C10H12FNO2. The van der Waals surface area contributed by atoms with Crippen molar-refractivity contribution in [3.8, 4) is 0 Å². The molecular weight excluding hydrogens is 185 g/mol. The Morgan fingerprint density at radius 3 is 2.50 bits per heavy atom. The standard InChI is InChI=1S/C10H12FNO2/c11-6-1-7-12-9-4-2-8(3-5-9)10(13)14/h2-5,12H,1,6-7H2,(H,13,14). The maximum absolute atomic E-state index is 11.7. The molecule has 0 spiro atoms. The maximum Gasteiger partial charge on any atom is 0.335 e. The van der Waals surface area contributed by atoms with E-state index in [0.717, 1.165) is 5.69 Å². The molecule has 2 N–H and O–H groups in total. The van der Waals surface area contributed by atoms with Crippen LogP contribution in [0.1, 0.15) is 16.8 Å². The van der Waals surface area contributed by atoms with E-state index in [1.807, 2.05) is 0 Å². The zero-order valence-electron chi connectivity index (χ0n) is 7.66. The summed E-state index contributed by atoms with van der Waals surface area (Å²) < 4.78 is 11.7. The van der Waals surface area contributed by atoms with E-state index in [-0.39, 0.29) is 12.2 Å². The molecule has 4 heteroatoms. The molecule has 0 aliphatic rings. The summed E-state index contributed by atoms with van der Waals surface area (Å²) in [6.07, 6.45) is 0.459. The average Bonchev–Trinajstić information content (AvgIpc) is 2.19. The van der Waals surface area contributed by atoms with Crippen LogP contribution in [0.3, 0.4) is 0 Å². The third-order valence-corrected chi connectivity index (χ3v) is 1.77. The summed E-state index contributed by atoms with van der Waals surface area (Å²) in [5, 5.41) is 11.6. The summed E-state index contributed by atoms with van der Waals surface area (Å²) in [6, 6.07) is 6.36. The second-order valence-corrected chi connectivity index (χ2v) is 2.85. The largest absolute Gasteiger partial charge is 0.478 e. The lowest BCUT2D eigenvalue weighted by Gasteiger charge is -2.04. The lowest BCUT2D eigenvalue weighted by atomic mass is 10.2. The molecule has 76 valence electrons. The van der Waals surface area contributed by atoms with E-state index in [4.69, 9.17) is 5.11 Å². The highest BCUT2D eigenvalue weighted by Gasteiger charge is 2.00. The van der Waals surface area contributed by atoms with Crippen LogP contribution in [0.15, 0.2) is 24.3 Å². The van der Waals surface area contributed by atoms with Crippen molar-refractivity contribution in [3.63, 3.8) is 0 Å². The van der Waals surface area contributed by atoms with Gasteiger partial charge in [0.2, 0.25) is 0 Å². The molecule has 1 rings (SSSR count). The third-order valence-electron chi connectivity index (χ3n) is 1.77. The number of anilines is 1. The molecule has 0 aliphatic carbocycles. The van der Waals surface area contributed by atoms with E-state index in [1.165, 1.54) is 12.1 Å². The van der Waals surface area contributed by atoms with Crippen molar-refractivity contribution < 1.29 is 14.3 Å². The molecule has 1 aromatic rings. The van der Waals surface area contributed by atoms with Crippen molar-refractivity contribution >= 4 is 11.7 Å². The molecule has 0 unspecified atom stereocenters. The Hall–Kier alpha value is -1.58. The van der Waals surface area contributed by atoms with Crippen LogP contribution in [0.4, 0.5) is 10.1 Å². The summed E-state index contributed by atoms with van der Waals surface area (Å²) in [7, 11) is 0. The van der Waals surface area contributed by atoms with Gasteiger partial charge >= 0.3 is 5.97 Å². The summed E-state index contributed by atoms with van der Waals surface area (Å²) in [4.78, 5) is 10.5. The smallest absolute Gasteiger partial charge is 0.335 e. The van der Waals surface area contributed by atoms with Crippen LogP contribution >= 0.6 is 0 Å². The number of rotatable bonds is 5. The number of hydrogen-bond donors (Lipinski definition) is 2. The first-order chi connectivity index (χ1) is 6.74. The number of carboxylic acid groups (broad SMARTS) is 1. The zero-order valence-corrected chi connectivity index (χ0v) is 7.66. The molecule has 0 heterocycles. The van der Waals surface area contributed by atoms with Crippen molar-refractivity contribution in [1.82, 2.24) is 0 Å². The molecule has 3 nitrogen and oxygen atoms in total. The van der Waals surface area contributed by atoms with E-state index in [1.54, 1.807) is 12.1 Å². The molecule has 0 radical (unpaired) electrons. The Morgan fingerprint density at radius 2 is 2.00 bits per heavy atom. The first-order valence-electron chi connectivity index (χ1n) is 4.37. The summed E-state index contributed by atoms with van der Waals surface area (Å²) in [6.45, 7) is 0.211. The van der Waals surface area contributed by atoms with Gasteiger partial charge in [0.1, 0.15) is 0 Å². The maximum atomic E-state index is 11.7. The predicted octanol–water partition coefficient (Wildman–Crippen LogP) is 2.16. The minimum absolute atomic E-state index is 0.251. The Labute approximate surface area is 81.6 Å². The number of carboxylic acids is 1. The van der Waals surface area contributed by atoms with Crippen molar-refractivity contribution in [3.05, 3.63) is 29.8 Å². The van der Waals surface area contributed by atoms with Gasteiger partial charge in [-0.05, 0) is 30.7 Å². The predicted molar refractivity (Wildman–Crippen MR) is 52.5 cm³/mol. The molecule has 0 fully saturated rings. The monoisotopic (exact) mass is 197 g/mol. The highest BCUT2D eigenvalue weighted by Crippen LogP contribution is 2.09. The number of nitrogens with one attached hydrogen (secondary N) is 1. The van der Waals surface area contributed by atoms with E-state index in [9.17, 15) is 9.18 Å². The molecule has 0 bridgehead atoms. The van der Waals surface area contributed by atoms with Crippen LogP contribution in [0.25, 0.3) is 0 Å². The molecule has 0 atom stereocenters. The van der Waals surface area contributed by atoms with Gasteiger partial charge in [0, 0.05) is 12.2 Å². The van der Waals surface area contributed by atoms with Crippen LogP contribution in [0, 0.1) is 0 Å². The van der Waals surface area contributed by atoms with Gasteiger partial charge in [-0.1, -0.05) is 0 Å². The van der Waals surface area contributed by atoms with E-state index >= 15 is 0 Å². The highest BCUT2D eigenvalue weighted by molar-refractivity contribution is 5.87. The molecule has 1 aromatic carbocycles.